The molecule has 0 spiro atoms. The van der Waals surface area contributed by atoms with Crippen LogP contribution in [0.5, 0.6) is 28.7 Å². The van der Waals surface area contributed by atoms with E-state index < -0.39 is 36.4 Å². The molecule has 0 aliphatic rings. The number of hydrazone groups is 1. The first-order chi connectivity index (χ1) is 30.9. The van der Waals surface area contributed by atoms with E-state index in [2.05, 4.69) is 36.4 Å². The second kappa shape index (κ2) is 23.2. The third kappa shape index (κ3) is 13.2. The van der Waals surface area contributed by atoms with Gasteiger partial charge in [-0.25, -0.2) is 19.4 Å². The van der Waals surface area contributed by atoms with Gasteiger partial charge in [-0.1, -0.05) is 49.8 Å². The molecule has 0 aliphatic heterocycles. The number of carbonyl (C=O) groups excluding carboxylic acids is 6. The van der Waals surface area contributed by atoms with Crippen molar-refractivity contribution in [1.82, 2.24) is 4.98 Å². The summed E-state index contributed by atoms with van der Waals surface area (Å²) in [6.07, 6.45) is 5.47. The van der Waals surface area contributed by atoms with Gasteiger partial charge in [-0.2, -0.15) is 10.1 Å². The van der Waals surface area contributed by atoms with Gasteiger partial charge in [-0.3, -0.25) is 14.4 Å². The maximum absolute atomic E-state index is 13.9. The number of esters is 3. The molecule has 4 aromatic carbocycles. The van der Waals surface area contributed by atoms with Crippen LogP contribution in [0.3, 0.4) is 0 Å². The molecule has 0 fully saturated rings. The van der Waals surface area contributed by atoms with Gasteiger partial charge in [0.2, 0.25) is 11.9 Å². The molecule has 0 aliphatic carbocycles. The number of amides is 1. The first-order valence-electron chi connectivity index (χ1n) is 18.8. The summed E-state index contributed by atoms with van der Waals surface area (Å²) >= 11 is 1.20. The Balaban J connectivity index is 1.45. The Kier molecular flexibility index (Phi) is 17.1. The smallest absolute Gasteiger partial charge is 0.343 e. The van der Waals surface area contributed by atoms with Crippen molar-refractivity contribution in [3.8, 4) is 28.7 Å². The minimum atomic E-state index is -0.888. The van der Waals surface area contributed by atoms with Crippen LogP contribution >= 0.6 is 11.3 Å². The van der Waals surface area contributed by atoms with E-state index in [1.54, 1.807) is 19.1 Å². The zero-order valence-electron chi connectivity index (χ0n) is 34.2. The second-order valence-corrected chi connectivity index (χ2v) is 13.7. The van der Waals surface area contributed by atoms with Crippen LogP contribution in [0, 0.1) is 6.92 Å². The summed E-state index contributed by atoms with van der Waals surface area (Å²) in [4.78, 5) is 79.4. The molecule has 0 saturated heterocycles. The molecule has 0 radical (unpaired) electrons. The number of fused-ring (bicyclic) bond motifs is 1. The molecule has 1 aromatic heterocycles. The maximum atomic E-state index is 13.9. The lowest BCUT2D eigenvalue weighted by atomic mass is 10.1. The Bertz CT molecular complexity index is 2580. The van der Waals surface area contributed by atoms with Crippen LogP contribution in [-0.4, -0.2) is 80.2 Å². The van der Waals surface area contributed by atoms with Crippen molar-refractivity contribution >= 4 is 68.3 Å². The number of nitrogens with zero attached hydrogens (tertiary/aromatic N) is 3. The van der Waals surface area contributed by atoms with Gasteiger partial charge in [-0.05, 0) is 97.4 Å². The van der Waals surface area contributed by atoms with E-state index in [0.29, 0.717) is 16.8 Å². The van der Waals surface area contributed by atoms with Gasteiger partial charge in [0, 0.05) is 11.6 Å². The third-order valence-corrected chi connectivity index (χ3v) is 9.26. The summed E-state index contributed by atoms with van der Waals surface area (Å²) in [7, 11) is 0. The third-order valence-electron chi connectivity index (χ3n) is 8.24. The fraction of sp³-hybridized carbons (Fsp3) is 0.130. The van der Waals surface area contributed by atoms with E-state index in [4.69, 9.17) is 37.9 Å². The molecule has 328 valence electrons. The van der Waals surface area contributed by atoms with Gasteiger partial charge >= 0.3 is 17.9 Å². The second-order valence-electron chi connectivity index (χ2n) is 12.7. The van der Waals surface area contributed by atoms with Crippen molar-refractivity contribution < 1.29 is 66.7 Å². The molecule has 5 aromatic rings. The molecule has 18 heteroatoms. The fourth-order valence-electron chi connectivity index (χ4n) is 5.12. The van der Waals surface area contributed by atoms with Crippen LogP contribution < -0.4 is 28.7 Å². The SMILES string of the molecule is C=CC(=O)COCOc1ccc(C(=O)Oc2c(C)cc(OC(=O)c3ccc(OCOC(=O)C=C)cc3)cc2/C=N/N(C(=O)C=C)c2nc3ccccc3s2)cc1OCOCC(=O)C=C. The largest absolute Gasteiger partial charge is 0.464 e. The Morgan fingerprint density at radius 2 is 1.34 bits per heavy atom. The maximum Gasteiger partial charge on any atom is 0.343 e. The van der Waals surface area contributed by atoms with Crippen LogP contribution in [-0.2, 0) is 33.4 Å². The Morgan fingerprint density at radius 1 is 0.688 bits per heavy atom. The minimum absolute atomic E-state index is 0.00921. The topological polar surface area (TPSA) is 205 Å². The minimum Gasteiger partial charge on any atom is -0.464 e. The Morgan fingerprint density at radius 3 is 2.00 bits per heavy atom. The highest BCUT2D eigenvalue weighted by molar-refractivity contribution is 7.22. The number of aryl methyl sites for hydroxylation is 1. The predicted molar refractivity (Wildman–Crippen MR) is 234 cm³/mol. The number of ketones is 2. The quantitative estimate of drug-likeness (QED) is 0.0118. The monoisotopic (exact) mass is 889 g/mol. The first kappa shape index (κ1) is 47.0. The number of para-hydroxylation sites is 1. The summed E-state index contributed by atoms with van der Waals surface area (Å²) in [6, 6.07) is 20.0. The highest BCUT2D eigenvalue weighted by Gasteiger charge is 2.22. The standard InChI is InChI=1S/C46H39N3O14S/c1-6-33(50)24-56-26-59-38-19-16-31(22-39(38)60-27-57-25-34(51)7-2)45(55)63-43-29(5)20-36(62-44(54)30-14-17-35(18-15-30)58-28-61-42(53)9-4)21-32(43)23-47-49(41(52)8-3)46-48-37-12-10-11-13-40(37)64-46/h6-23H,1-4,24-28H2,5H3/b47-23+. The zero-order valence-corrected chi connectivity index (χ0v) is 35.0. The van der Waals surface area contributed by atoms with Gasteiger partial charge in [-0.15, -0.1) is 0 Å². The predicted octanol–water partition coefficient (Wildman–Crippen LogP) is 6.88. The van der Waals surface area contributed by atoms with E-state index in [1.165, 1.54) is 72.1 Å². The van der Waals surface area contributed by atoms with Gasteiger partial charge < -0.3 is 37.9 Å². The first-order valence-corrected chi connectivity index (χ1v) is 19.6. The van der Waals surface area contributed by atoms with Crippen LogP contribution in [0.4, 0.5) is 5.13 Å². The average molecular weight is 890 g/mol. The summed E-state index contributed by atoms with van der Waals surface area (Å²) in [5, 5.41) is 5.65. The normalized spacial score (nSPS) is 10.6. The fourth-order valence-corrected chi connectivity index (χ4v) is 6.05. The number of hydrogen-bond acceptors (Lipinski definition) is 17. The van der Waals surface area contributed by atoms with Crippen LogP contribution in [0.25, 0.3) is 10.2 Å². The van der Waals surface area contributed by atoms with E-state index in [-0.39, 0.29) is 77.4 Å². The molecule has 0 atom stereocenters. The summed E-state index contributed by atoms with van der Waals surface area (Å²) in [6.45, 7) is 13.5. The summed E-state index contributed by atoms with van der Waals surface area (Å²) in [5.41, 5.74) is 1.13. The highest BCUT2D eigenvalue weighted by atomic mass is 32.1. The number of ether oxygens (including phenoxy) is 8. The van der Waals surface area contributed by atoms with Crippen molar-refractivity contribution in [1.29, 1.82) is 0 Å². The Labute approximate surface area is 370 Å². The van der Waals surface area contributed by atoms with Gasteiger partial charge in [0.25, 0.3) is 5.91 Å². The van der Waals surface area contributed by atoms with Crippen LogP contribution in [0.2, 0.25) is 0 Å². The molecule has 17 nitrogen and oxygen atoms in total. The van der Waals surface area contributed by atoms with Gasteiger partial charge in [0.1, 0.15) is 30.5 Å². The van der Waals surface area contributed by atoms with Crippen molar-refractivity contribution in [3.63, 3.8) is 0 Å². The molecular formula is C46H39N3O14S. The van der Waals surface area contributed by atoms with E-state index in [0.717, 1.165) is 34.0 Å². The molecule has 5 rings (SSSR count). The molecule has 0 bridgehead atoms. The van der Waals surface area contributed by atoms with Crippen molar-refractivity contribution in [3.05, 3.63) is 152 Å². The lowest BCUT2D eigenvalue weighted by Gasteiger charge is -2.16. The molecular weight excluding hydrogens is 851 g/mol. The molecule has 0 unspecified atom stereocenters. The lowest BCUT2D eigenvalue weighted by molar-refractivity contribution is -0.144. The van der Waals surface area contributed by atoms with E-state index in [1.807, 2.05) is 12.1 Å². The van der Waals surface area contributed by atoms with E-state index in [9.17, 15) is 28.8 Å². The zero-order chi connectivity index (χ0) is 46.0. The Hall–Kier alpha value is -8.06. The van der Waals surface area contributed by atoms with Gasteiger partial charge in [0.05, 0.1) is 27.6 Å². The number of hydrogen-bond donors (Lipinski definition) is 0. The summed E-state index contributed by atoms with van der Waals surface area (Å²) in [5.74, 6) is -3.32. The molecule has 64 heavy (non-hydrogen) atoms. The number of anilines is 1. The molecule has 0 N–H and O–H groups in total. The number of thiazole rings is 1. The molecule has 0 saturated carbocycles. The number of aromatic nitrogens is 1. The van der Waals surface area contributed by atoms with Crippen LogP contribution in [0.15, 0.2) is 135 Å². The van der Waals surface area contributed by atoms with Crippen molar-refractivity contribution in [2.24, 2.45) is 5.10 Å². The lowest BCUT2D eigenvalue weighted by Crippen LogP contribution is -2.23. The highest BCUT2D eigenvalue weighted by Crippen LogP contribution is 2.33. The molecule has 1 heterocycles. The number of carbonyl (C=O) groups is 6. The molecule has 1 amide bonds. The van der Waals surface area contributed by atoms with Gasteiger partial charge in [0.15, 0.2) is 36.7 Å². The number of rotatable bonds is 24. The number of benzene rings is 4. The van der Waals surface area contributed by atoms with Crippen LogP contribution in [0.1, 0.15) is 31.8 Å². The summed E-state index contributed by atoms with van der Waals surface area (Å²) < 4.78 is 44.4. The van der Waals surface area contributed by atoms with Crippen molar-refractivity contribution in [2.75, 3.05) is 38.6 Å². The van der Waals surface area contributed by atoms with Crippen molar-refractivity contribution in [2.45, 2.75) is 6.92 Å². The van der Waals surface area contributed by atoms with E-state index >= 15 is 0 Å². The average Bonchev–Trinajstić information content (AvgIpc) is 3.74.